The fourth-order valence-corrected chi connectivity index (χ4v) is 4.68. The number of phenolic OH excluding ortho intramolecular Hbond substituents is 1. The van der Waals surface area contributed by atoms with E-state index in [4.69, 9.17) is 16.3 Å². The summed E-state index contributed by atoms with van der Waals surface area (Å²) in [6.07, 6.45) is 0.956. The Kier molecular flexibility index (Phi) is 6.70. The second-order valence-electron chi connectivity index (χ2n) is 9.44. The highest BCUT2D eigenvalue weighted by Crippen LogP contribution is 2.45. The van der Waals surface area contributed by atoms with Crippen LogP contribution in [0.1, 0.15) is 53.5 Å². The number of fused-ring (bicyclic) bond motifs is 1. The number of hydrogen-bond donors (Lipinski definition) is 2. The van der Waals surface area contributed by atoms with Gasteiger partial charge in [-0.05, 0) is 59.9 Å². The number of hydrogen-bond acceptors (Lipinski definition) is 4. The molecule has 0 aliphatic carbocycles. The molecule has 1 unspecified atom stereocenters. The van der Waals surface area contributed by atoms with Crippen LogP contribution in [-0.2, 0) is 6.54 Å². The quantitative estimate of drug-likeness (QED) is 0.285. The molecule has 184 valence electrons. The second kappa shape index (κ2) is 10.1. The van der Waals surface area contributed by atoms with E-state index in [1.807, 2.05) is 59.5 Å². The number of carbonyl (C=O) groups excluding carboxylic acids is 1. The third kappa shape index (κ3) is 4.69. The SMILES string of the molecule is CC(C)CCOc1cccc(C2c3c(-c4ccccc4O)n[nH]c3C(=O)N2Cc2ccc(Cl)cc2)c1. The number of nitrogens with zero attached hydrogens (tertiary/aromatic N) is 2. The molecule has 1 aromatic heterocycles. The Balaban J connectivity index is 1.58. The topological polar surface area (TPSA) is 78.5 Å². The van der Waals surface area contributed by atoms with Gasteiger partial charge in [-0.3, -0.25) is 9.89 Å². The smallest absolute Gasteiger partial charge is 0.273 e. The lowest BCUT2D eigenvalue weighted by Crippen LogP contribution is -2.29. The Hall–Kier alpha value is -3.77. The van der Waals surface area contributed by atoms with Gasteiger partial charge in [0.05, 0.1) is 12.6 Å². The molecule has 1 aliphatic rings. The molecule has 36 heavy (non-hydrogen) atoms. The summed E-state index contributed by atoms with van der Waals surface area (Å²) in [7, 11) is 0. The average molecular weight is 502 g/mol. The van der Waals surface area contributed by atoms with Crippen molar-refractivity contribution in [3.63, 3.8) is 0 Å². The minimum atomic E-state index is -0.412. The first-order chi connectivity index (χ1) is 17.4. The van der Waals surface area contributed by atoms with Crippen molar-refractivity contribution in [2.24, 2.45) is 5.92 Å². The number of ether oxygens (including phenoxy) is 1. The monoisotopic (exact) mass is 501 g/mol. The summed E-state index contributed by atoms with van der Waals surface area (Å²) in [6, 6.07) is 22.0. The molecule has 0 fully saturated rings. The lowest BCUT2D eigenvalue weighted by atomic mass is 9.95. The van der Waals surface area contributed by atoms with Crippen LogP contribution >= 0.6 is 11.6 Å². The Morgan fingerprint density at radius 3 is 2.61 bits per heavy atom. The molecule has 2 N–H and O–H groups in total. The average Bonchev–Trinajstić information content (AvgIpc) is 3.40. The molecule has 1 aliphatic heterocycles. The largest absolute Gasteiger partial charge is 0.507 e. The van der Waals surface area contributed by atoms with Gasteiger partial charge in [0.2, 0.25) is 0 Å². The van der Waals surface area contributed by atoms with E-state index in [2.05, 4.69) is 24.0 Å². The fraction of sp³-hybridized carbons (Fsp3) is 0.241. The number of phenols is 1. The molecule has 1 amide bonds. The molecule has 0 radical (unpaired) electrons. The number of H-pyrrole nitrogens is 1. The first-order valence-electron chi connectivity index (χ1n) is 12.1. The highest BCUT2D eigenvalue weighted by Gasteiger charge is 2.42. The zero-order valence-electron chi connectivity index (χ0n) is 20.2. The standard InChI is InChI=1S/C29H28ClN3O3/c1-18(2)14-15-36-22-7-5-6-20(16-22)28-25-26(23-8-3-4-9-24(23)34)31-32-27(25)29(35)33(28)17-19-10-12-21(30)13-11-19/h3-13,16,18,28,34H,14-15,17H2,1-2H3,(H,31,32). The summed E-state index contributed by atoms with van der Waals surface area (Å²) in [4.78, 5) is 15.5. The fourth-order valence-electron chi connectivity index (χ4n) is 4.56. The predicted molar refractivity (Wildman–Crippen MR) is 140 cm³/mol. The highest BCUT2D eigenvalue weighted by molar-refractivity contribution is 6.30. The van der Waals surface area contributed by atoms with Crippen molar-refractivity contribution in [1.29, 1.82) is 0 Å². The molecule has 7 heteroatoms. The molecule has 4 aromatic rings. The van der Waals surface area contributed by atoms with Crippen LogP contribution in [0.15, 0.2) is 72.8 Å². The van der Waals surface area contributed by atoms with Crippen molar-refractivity contribution in [2.45, 2.75) is 32.9 Å². The Morgan fingerprint density at radius 2 is 1.86 bits per heavy atom. The van der Waals surface area contributed by atoms with Gasteiger partial charge in [-0.15, -0.1) is 0 Å². The number of halogens is 1. The third-order valence-electron chi connectivity index (χ3n) is 6.43. The van der Waals surface area contributed by atoms with E-state index in [9.17, 15) is 9.90 Å². The minimum absolute atomic E-state index is 0.111. The van der Waals surface area contributed by atoms with Gasteiger partial charge in [0.25, 0.3) is 5.91 Å². The minimum Gasteiger partial charge on any atom is -0.507 e. The van der Waals surface area contributed by atoms with Gasteiger partial charge in [-0.2, -0.15) is 5.10 Å². The molecule has 1 atom stereocenters. The first kappa shape index (κ1) is 23.9. The van der Waals surface area contributed by atoms with Crippen molar-refractivity contribution in [3.8, 4) is 22.8 Å². The van der Waals surface area contributed by atoms with Crippen molar-refractivity contribution < 1.29 is 14.6 Å². The summed E-state index contributed by atoms with van der Waals surface area (Å²) in [5.74, 6) is 1.27. The molecule has 0 bridgehead atoms. The molecule has 3 aromatic carbocycles. The molecule has 0 saturated carbocycles. The van der Waals surface area contributed by atoms with Crippen LogP contribution in [0.25, 0.3) is 11.3 Å². The summed E-state index contributed by atoms with van der Waals surface area (Å²) in [6.45, 7) is 5.35. The Morgan fingerprint density at radius 1 is 1.08 bits per heavy atom. The van der Waals surface area contributed by atoms with Crippen LogP contribution < -0.4 is 4.74 Å². The highest BCUT2D eigenvalue weighted by atomic mass is 35.5. The molecule has 0 spiro atoms. The summed E-state index contributed by atoms with van der Waals surface area (Å²) < 4.78 is 6.03. The Bertz CT molecular complexity index is 1380. The molecule has 5 rings (SSSR count). The summed E-state index contributed by atoms with van der Waals surface area (Å²) >= 11 is 6.09. The molecule has 2 heterocycles. The van der Waals surface area contributed by atoms with E-state index in [1.54, 1.807) is 18.2 Å². The number of rotatable bonds is 8. The predicted octanol–water partition coefficient (Wildman–Crippen LogP) is 6.61. The van der Waals surface area contributed by atoms with E-state index >= 15 is 0 Å². The zero-order valence-corrected chi connectivity index (χ0v) is 21.0. The van der Waals surface area contributed by atoms with Crippen molar-refractivity contribution in [3.05, 3.63) is 100 Å². The van der Waals surface area contributed by atoms with E-state index in [0.29, 0.717) is 41.0 Å². The van der Waals surface area contributed by atoms with Gasteiger partial charge in [0.15, 0.2) is 0 Å². The van der Waals surface area contributed by atoms with Gasteiger partial charge in [-0.25, -0.2) is 0 Å². The maximum absolute atomic E-state index is 13.6. The number of aromatic nitrogens is 2. The second-order valence-corrected chi connectivity index (χ2v) is 9.88. The maximum Gasteiger partial charge on any atom is 0.273 e. The van der Waals surface area contributed by atoms with Crippen molar-refractivity contribution >= 4 is 17.5 Å². The summed E-state index contributed by atoms with van der Waals surface area (Å²) in [5, 5.41) is 18.6. The van der Waals surface area contributed by atoms with E-state index < -0.39 is 6.04 Å². The van der Waals surface area contributed by atoms with Gasteiger partial charge >= 0.3 is 0 Å². The van der Waals surface area contributed by atoms with Gasteiger partial charge in [-0.1, -0.05) is 61.8 Å². The number of benzene rings is 3. The van der Waals surface area contributed by atoms with Crippen LogP contribution in [0.2, 0.25) is 5.02 Å². The van der Waals surface area contributed by atoms with Crippen molar-refractivity contribution in [1.82, 2.24) is 15.1 Å². The number of nitrogens with one attached hydrogen (secondary N) is 1. The van der Waals surface area contributed by atoms with E-state index in [1.165, 1.54) is 0 Å². The lowest BCUT2D eigenvalue weighted by molar-refractivity contribution is 0.0730. The number of aromatic hydroxyl groups is 1. The van der Waals surface area contributed by atoms with Gasteiger partial charge < -0.3 is 14.7 Å². The van der Waals surface area contributed by atoms with Gasteiger partial charge in [0.1, 0.15) is 22.9 Å². The van der Waals surface area contributed by atoms with Crippen LogP contribution in [-0.4, -0.2) is 32.7 Å². The van der Waals surface area contributed by atoms with Crippen molar-refractivity contribution in [2.75, 3.05) is 6.61 Å². The molecule has 6 nitrogen and oxygen atoms in total. The number of aromatic amines is 1. The zero-order chi connectivity index (χ0) is 25.2. The molecule has 0 saturated heterocycles. The van der Waals surface area contributed by atoms with Crippen LogP contribution in [0, 0.1) is 5.92 Å². The van der Waals surface area contributed by atoms with Crippen LogP contribution in [0.5, 0.6) is 11.5 Å². The lowest BCUT2D eigenvalue weighted by Gasteiger charge is -2.27. The first-order valence-corrected chi connectivity index (χ1v) is 12.4. The van der Waals surface area contributed by atoms with Crippen LogP contribution in [0.3, 0.4) is 0 Å². The van der Waals surface area contributed by atoms with Gasteiger partial charge in [0, 0.05) is 22.7 Å². The number of amides is 1. The normalized spacial score (nSPS) is 14.9. The molecular formula is C29H28ClN3O3. The Labute approximate surface area is 215 Å². The van der Waals surface area contributed by atoms with Crippen LogP contribution in [0.4, 0.5) is 0 Å². The van der Waals surface area contributed by atoms with E-state index in [-0.39, 0.29) is 11.7 Å². The number of para-hydroxylation sites is 1. The third-order valence-corrected chi connectivity index (χ3v) is 6.68. The maximum atomic E-state index is 13.6. The number of carbonyl (C=O) groups is 1. The molecular weight excluding hydrogens is 474 g/mol. The van der Waals surface area contributed by atoms with E-state index in [0.717, 1.165) is 28.9 Å². The summed E-state index contributed by atoms with van der Waals surface area (Å²) in [5.41, 5.74) is 4.19.